The summed E-state index contributed by atoms with van der Waals surface area (Å²) in [5.41, 5.74) is 1.51. The molecule has 0 unspecified atom stereocenters. The summed E-state index contributed by atoms with van der Waals surface area (Å²) in [5, 5.41) is 8.65. The molecule has 4 aromatic rings. The molecule has 0 atom stereocenters. The molecule has 0 bridgehead atoms. The van der Waals surface area contributed by atoms with Gasteiger partial charge in [0.15, 0.2) is 5.65 Å². The maximum Gasteiger partial charge on any atom is 0.253 e. The zero-order chi connectivity index (χ0) is 20.3. The monoisotopic (exact) mass is 398 g/mol. The first-order chi connectivity index (χ1) is 14.8. The fourth-order valence-electron chi connectivity index (χ4n) is 3.98. The second kappa shape index (κ2) is 7.99. The Bertz CT molecular complexity index is 1160. The second-order valence-corrected chi connectivity index (χ2v) is 7.50. The summed E-state index contributed by atoms with van der Waals surface area (Å²) < 4.78 is 7.92. The zero-order valence-electron chi connectivity index (χ0n) is 16.5. The van der Waals surface area contributed by atoms with Crippen molar-refractivity contribution in [3.8, 4) is 11.5 Å². The number of aromatic nitrogens is 3. The number of pyridine rings is 1. The molecule has 0 spiro atoms. The number of ether oxygens (including phenoxy) is 1. The van der Waals surface area contributed by atoms with E-state index in [0.29, 0.717) is 30.3 Å². The van der Waals surface area contributed by atoms with E-state index in [2.05, 4.69) is 10.2 Å². The minimum Gasteiger partial charge on any atom is -0.457 e. The van der Waals surface area contributed by atoms with E-state index in [1.807, 2.05) is 88.3 Å². The fraction of sp³-hybridized carbons (Fsp3) is 0.208. The summed E-state index contributed by atoms with van der Waals surface area (Å²) in [4.78, 5) is 15.0. The highest BCUT2D eigenvalue weighted by molar-refractivity contribution is 5.94. The normalized spacial score (nSPS) is 14.7. The van der Waals surface area contributed by atoms with Crippen molar-refractivity contribution in [3.05, 3.63) is 90.4 Å². The third-order valence-corrected chi connectivity index (χ3v) is 5.55. The van der Waals surface area contributed by atoms with Crippen molar-refractivity contribution in [2.24, 2.45) is 0 Å². The van der Waals surface area contributed by atoms with Crippen LogP contribution in [0.25, 0.3) is 5.65 Å². The van der Waals surface area contributed by atoms with Crippen LogP contribution in [0.2, 0.25) is 0 Å². The number of hydrogen-bond acceptors (Lipinski definition) is 4. The molecule has 1 amide bonds. The molecule has 1 fully saturated rings. The average Bonchev–Trinajstić information content (AvgIpc) is 3.24. The zero-order valence-corrected chi connectivity index (χ0v) is 16.5. The van der Waals surface area contributed by atoms with Crippen LogP contribution in [0.4, 0.5) is 0 Å². The molecule has 2 aromatic heterocycles. The number of hydrogen-bond donors (Lipinski definition) is 0. The van der Waals surface area contributed by atoms with Gasteiger partial charge >= 0.3 is 0 Å². The van der Waals surface area contributed by atoms with Crippen LogP contribution < -0.4 is 4.74 Å². The molecule has 0 aliphatic carbocycles. The first-order valence-corrected chi connectivity index (χ1v) is 10.2. The Balaban J connectivity index is 1.26. The summed E-state index contributed by atoms with van der Waals surface area (Å²) >= 11 is 0. The first kappa shape index (κ1) is 18.4. The number of carbonyl (C=O) groups excluding carboxylic acids is 1. The summed E-state index contributed by atoms with van der Waals surface area (Å²) in [6.07, 6.45) is 3.75. The van der Waals surface area contributed by atoms with Crippen molar-refractivity contribution < 1.29 is 9.53 Å². The summed E-state index contributed by atoms with van der Waals surface area (Å²) in [6.45, 7) is 1.41. The van der Waals surface area contributed by atoms with Crippen molar-refractivity contribution >= 4 is 11.6 Å². The molecule has 0 saturated carbocycles. The van der Waals surface area contributed by atoms with E-state index in [9.17, 15) is 4.79 Å². The van der Waals surface area contributed by atoms with Gasteiger partial charge in [0.05, 0.1) is 0 Å². The quantitative estimate of drug-likeness (QED) is 0.506. The number of nitrogens with zero attached hydrogens (tertiary/aromatic N) is 4. The predicted molar refractivity (Wildman–Crippen MR) is 114 cm³/mol. The third kappa shape index (κ3) is 3.64. The summed E-state index contributed by atoms with van der Waals surface area (Å²) in [5.74, 6) is 2.74. The molecule has 1 aliphatic rings. The Kier molecular flexibility index (Phi) is 4.89. The van der Waals surface area contributed by atoms with Gasteiger partial charge in [0.2, 0.25) is 0 Å². The summed E-state index contributed by atoms with van der Waals surface area (Å²) in [7, 11) is 0. The number of benzene rings is 2. The van der Waals surface area contributed by atoms with E-state index in [-0.39, 0.29) is 5.91 Å². The van der Waals surface area contributed by atoms with Gasteiger partial charge in [-0.05, 0) is 55.3 Å². The number of amides is 1. The highest BCUT2D eigenvalue weighted by atomic mass is 16.5. The molecule has 6 nitrogen and oxygen atoms in total. The second-order valence-electron chi connectivity index (χ2n) is 7.50. The largest absolute Gasteiger partial charge is 0.457 e. The van der Waals surface area contributed by atoms with Gasteiger partial charge in [-0.3, -0.25) is 9.20 Å². The van der Waals surface area contributed by atoms with E-state index in [4.69, 9.17) is 4.74 Å². The van der Waals surface area contributed by atoms with E-state index in [0.717, 1.165) is 30.1 Å². The van der Waals surface area contributed by atoms with Gasteiger partial charge in [0, 0.05) is 30.8 Å². The number of likely N-dealkylation sites (tertiary alicyclic amines) is 1. The molecule has 1 saturated heterocycles. The highest BCUT2D eigenvalue weighted by Crippen LogP contribution is 2.28. The number of fused-ring (bicyclic) bond motifs is 1. The Morgan fingerprint density at radius 2 is 1.63 bits per heavy atom. The standard InChI is InChI=1S/C24H22N4O2/c29-24(19-7-6-10-21(17-19)30-20-8-2-1-3-9-20)27-15-12-18(13-16-27)23-26-25-22-11-4-5-14-28(22)23/h1-11,14,17-18H,12-13,15-16H2. The van der Waals surface area contributed by atoms with E-state index in [1.54, 1.807) is 0 Å². The van der Waals surface area contributed by atoms with Crippen molar-refractivity contribution in [3.63, 3.8) is 0 Å². The van der Waals surface area contributed by atoms with E-state index < -0.39 is 0 Å². The van der Waals surface area contributed by atoms with Crippen LogP contribution >= 0.6 is 0 Å². The number of piperidine rings is 1. The van der Waals surface area contributed by atoms with Crippen LogP contribution in [-0.4, -0.2) is 38.5 Å². The van der Waals surface area contributed by atoms with Crippen molar-refractivity contribution in [2.45, 2.75) is 18.8 Å². The Hall–Kier alpha value is -3.67. The Morgan fingerprint density at radius 1 is 0.867 bits per heavy atom. The lowest BCUT2D eigenvalue weighted by atomic mass is 9.95. The van der Waals surface area contributed by atoms with Crippen molar-refractivity contribution in [2.75, 3.05) is 13.1 Å². The molecule has 150 valence electrons. The lowest BCUT2D eigenvalue weighted by Crippen LogP contribution is -2.38. The van der Waals surface area contributed by atoms with Crippen molar-refractivity contribution in [1.29, 1.82) is 0 Å². The molecule has 1 aliphatic heterocycles. The molecule has 0 N–H and O–H groups in total. The van der Waals surface area contributed by atoms with Gasteiger partial charge in [0.25, 0.3) is 5.91 Å². The van der Waals surface area contributed by atoms with E-state index in [1.165, 1.54) is 0 Å². The highest BCUT2D eigenvalue weighted by Gasteiger charge is 2.27. The third-order valence-electron chi connectivity index (χ3n) is 5.55. The summed E-state index contributed by atoms with van der Waals surface area (Å²) in [6, 6.07) is 22.9. The van der Waals surface area contributed by atoms with Crippen LogP contribution in [0.15, 0.2) is 79.0 Å². The SMILES string of the molecule is O=C(c1cccc(Oc2ccccc2)c1)N1CCC(c2nnc3ccccn23)CC1. The fourth-order valence-corrected chi connectivity index (χ4v) is 3.98. The average molecular weight is 398 g/mol. The molecular weight excluding hydrogens is 376 g/mol. The minimum atomic E-state index is 0.0399. The number of rotatable bonds is 4. The predicted octanol–water partition coefficient (Wildman–Crippen LogP) is 4.54. The molecule has 6 heteroatoms. The molecular formula is C24H22N4O2. The van der Waals surface area contributed by atoms with Crippen LogP contribution in [0.1, 0.15) is 34.9 Å². The Labute approximate surface area is 174 Å². The molecule has 2 aromatic carbocycles. The molecule has 3 heterocycles. The van der Waals surface area contributed by atoms with E-state index >= 15 is 0 Å². The maximum atomic E-state index is 13.0. The first-order valence-electron chi connectivity index (χ1n) is 10.2. The number of carbonyl (C=O) groups is 1. The van der Waals surface area contributed by atoms with Gasteiger partial charge in [0.1, 0.15) is 17.3 Å². The smallest absolute Gasteiger partial charge is 0.253 e. The lowest BCUT2D eigenvalue weighted by Gasteiger charge is -2.31. The molecule has 5 rings (SSSR count). The van der Waals surface area contributed by atoms with Crippen LogP contribution in [0, 0.1) is 0 Å². The van der Waals surface area contributed by atoms with Gasteiger partial charge in [-0.2, -0.15) is 0 Å². The van der Waals surface area contributed by atoms with Crippen molar-refractivity contribution in [1.82, 2.24) is 19.5 Å². The number of para-hydroxylation sites is 1. The van der Waals surface area contributed by atoms with Crippen LogP contribution in [0.5, 0.6) is 11.5 Å². The lowest BCUT2D eigenvalue weighted by molar-refractivity contribution is 0.0710. The topological polar surface area (TPSA) is 59.7 Å². The van der Waals surface area contributed by atoms with Crippen LogP contribution in [0.3, 0.4) is 0 Å². The van der Waals surface area contributed by atoms with Gasteiger partial charge in [-0.1, -0.05) is 30.3 Å². The van der Waals surface area contributed by atoms with Gasteiger partial charge in [-0.15, -0.1) is 10.2 Å². The minimum absolute atomic E-state index is 0.0399. The van der Waals surface area contributed by atoms with Crippen LogP contribution in [-0.2, 0) is 0 Å². The molecule has 0 radical (unpaired) electrons. The molecule has 30 heavy (non-hydrogen) atoms. The van der Waals surface area contributed by atoms with Gasteiger partial charge in [-0.25, -0.2) is 0 Å². The Morgan fingerprint density at radius 3 is 2.47 bits per heavy atom. The van der Waals surface area contributed by atoms with Gasteiger partial charge < -0.3 is 9.64 Å². The maximum absolute atomic E-state index is 13.0.